The molecule has 2 fully saturated rings. The minimum Gasteiger partial charge on any atom is -0.345 e. The highest BCUT2D eigenvalue weighted by atomic mass is 16.1. The Bertz CT molecular complexity index is 129. The molecule has 3 nitrogen and oxygen atoms in total. The smallest absolute Gasteiger partial charge is 0.209 e. The molecule has 2 heterocycles. The summed E-state index contributed by atoms with van der Waals surface area (Å²) in [5, 5.41) is 3.28. The Morgan fingerprint density at radius 1 is 0.857 bits per heavy atom. The van der Waals surface area contributed by atoms with Gasteiger partial charge in [-0.15, -0.1) is 0 Å². The second-order valence-corrected chi connectivity index (χ2v) is 4.01. The molecular formula is C11H22N2O. The first-order valence-corrected chi connectivity index (χ1v) is 5.83. The van der Waals surface area contributed by atoms with Crippen LogP contribution >= 0.6 is 0 Å². The average molecular weight is 198 g/mol. The monoisotopic (exact) mass is 198 g/mol. The molecule has 2 aliphatic rings. The molecule has 0 radical (unpaired) electrons. The third-order valence-corrected chi connectivity index (χ3v) is 2.75. The SMILES string of the molecule is C1CCNCC1.O=CN1CCCCC1. The molecule has 2 rings (SSSR count). The number of likely N-dealkylation sites (tertiary alicyclic amines) is 1. The zero-order valence-corrected chi connectivity index (χ0v) is 9.00. The largest absolute Gasteiger partial charge is 0.345 e. The van der Waals surface area contributed by atoms with Crippen LogP contribution in [0, 0.1) is 0 Å². The third-order valence-electron chi connectivity index (χ3n) is 2.75. The molecule has 0 saturated carbocycles. The summed E-state index contributed by atoms with van der Waals surface area (Å²) in [4.78, 5) is 11.9. The highest BCUT2D eigenvalue weighted by molar-refractivity contribution is 5.46. The van der Waals surface area contributed by atoms with Gasteiger partial charge in [0.05, 0.1) is 0 Å². The van der Waals surface area contributed by atoms with E-state index in [1.54, 1.807) is 0 Å². The number of carbonyl (C=O) groups excluding carboxylic acids is 1. The maximum Gasteiger partial charge on any atom is 0.209 e. The quantitative estimate of drug-likeness (QED) is 0.646. The molecule has 2 aliphatic heterocycles. The number of amides is 1. The van der Waals surface area contributed by atoms with Crippen LogP contribution in [0.25, 0.3) is 0 Å². The number of hydrogen-bond acceptors (Lipinski definition) is 2. The summed E-state index contributed by atoms with van der Waals surface area (Å²) in [6.07, 6.45) is 8.84. The fourth-order valence-corrected chi connectivity index (χ4v) is 1.83. The molecule has 82 valence electrons. The highest BCUT2D eigenvalue weighted by Gasteiger charge is 2.05. The Kier molecular flexibility index (Phi) is 6.41. The summed E-state index contributed by atoms with van der Waals surface area (Å²) in [7, 11) is 0. The number of hydrogen-bond donors (Lipinski definition) is 1. The summed E-state index contributed by atoms with van der Waals surface area (Å²) < 4.78 is 0. The van der Waals surface area contributed by atoms with Gasteiger partial charge in [-0.2, -0.15) is 0 Å². The first-order chi connectivity index (χ1) is 6.93. The lowest BCUT2D eigenvalue weighted by atomic mass is 10.1. The van der Waals surface area contributed by atoms with Gasteiger partial charge >= 0.3 is 0 Å². The van der Waals surface area contributed by atoms with Crippen LogP contribution in [-0.2, 0) is 4.79 Å². The lowest BCUT2D eigenvalue weighted by Crippen LogP contribution is -2.27. The van der Waals surface area contributed by atoms with Crippen molar-refractivity contribution in [2.45, 2.75) is 38.5 Å². The predicted octanol–water partition coefficient (Wildman–Crippen LogP) is 1.39. The minimum atomic E-state index is 0.944. The van der Waals surface area contributed by atoms with Gasteiger partial charge in [0, 0.05) is 13.1 Å². The molecule has 0 atom stereocenters. The zero-order valence-electron chi connectivity index (χ0n) is 9.00. The van der Waals surface area contributed by atoms with Crippen molar-refractivity contribution in [3.63, 3.8) is 0 Å². The van der Waals surface area contributed by atoms with Gasteiger partial charge in [0.1, 0.15) is 0 Å². The van der Waals surface area contributed by atoms with E-state index in [1.165, 1.54) is 51.6 Å². The summed E-state index contributed by atoms with van der Waals surface area (Å²) in [5.74, 6) is 0. The predicted molar refractivity (Wildman–Crippen MR) is 58.2 cm³/mol. The molecule has 0 unspecified atom stereocenters. The van der Waals surface area contributed by atoms with Gasteiger partial charge in [0.25, 0.3) is 0 Å². The third kappa shape index (κ3) is 5.22. The molecule has 0 aromatic heterocycles. The molecule has 0 bridgehead atoms. The summed E-state index contributed by atoms with van der Waals surface area (Å²) in [5.41, 5.74) is 0. The van der Waals surface area contributed by atoms with E-state index in [0.29, 0.717) is 0 Å². The standard InChI is InChI=1S/C6H11NO.C5H11N/c8-6-7-4-2-1-3-5-7;1-2-4-6-5-3-1/h6H,1-5H2;6H,1-5H2. The maximum absolute atomic E-state index is 10.1. The lowest BCUT2D eigenvalue weighted by molar-refractivity contribution is -0.118. The van der Waals surface area contributed by atoms with Crippen LogP contribution in [-0.4, -0.2) is 37.5 Å². The van der Waals surface area contributed by atoms with Gasteiger partial charge in [-0.25, -0.2) is 0 Å². The normalized spacial score (nSPS) is 22.1. The fraction of sp³-hybridized carbons (Fsp3) is 0.909. The van der Waals surface area contributed by atoms with Crippen molar-refractivity contribution in [3.8, 4) is 0 Å². The van der Waals surface area contributed by atoms with Crippen LogP contribution in [0.5, 0.6) is 0 Å². The highest BCUT2D eigenvalue weighted by Crippen LogP contribution is 2.05. The number of nitrogens with zero attached hydrogens (tertiary/aromatic N) is 1. The van der Waals surface area contributed by atoms with Crippen molar-refractivity contribution in [2.24, 2.45) is 0 Å². The van der Waals surface area contributed by atoms with E-state index in [1.807, 2.05) is 4.90 Å². The first kappa shape index (κ1) is 11.5. The van der Waals surface area contributed by atoms with Crippen LogP contribution in [0.2, 0.25) is 0 Å². The number of rotatable bonds is 1. The summed E-state index contributed by atoms with van der Waals surface area (Å²) in [6.45, 7) is 4.45. The lowest BCUT2D eigenvalue weighted by Gasteiger charge is -2.21. The first-order valence-electron chi connectivity index (χ1n) is 5.83. The van der Waals surface area contributed by atoms with E-state index in [2.05, 4.69) is 5.32 Å². The van der Waals surface area contributed by atoms with E-state index in [0.717, 1.165) is 19.5 Å². The second-order valence-electron chi connectivity index (χ2n) is 4.01. The van der Waals surface area contributed by atoms with Crippen molar-refractivity contribution >= 4 is 6.41 Å². The average Bonchev–Trinajstić information content (AvgIpc) is 2.33. The van der Waals surface area contributed by atoms with E-state index < -0.39 is 0 Å². The van der Waals surface area contributed by atoms with Gasteiger partial charge in [0.2, 0.25) is 6.41 Å². The zero-order chi connectivity index (χ0) is 10.1. The fourth-order valence-electron chi connectivity index (χ4n) is 1.83. The van der Waals surface area contributed by atoms with Crippen LogP contribution in [0.4, 0.5) is 0 Å². The van der Waals surface area contributed by atoms with Crippen molar-refractivity contribution in [1.82, 2.24) is 10.2 Å². The molecule has 14 heavy (non-hydrogen) atoms. The van der Waals surface area contributed by atoms with Gasteiger partial charge < -0.3 is 10.2 Å². The molecular weight excluding hydrogens is 176 g/mol. The van der Waals surface area contributed by atoms with E-state index >= 15 is 0 Å². The Balaban J connectivity index is 0.000000146. The van der Waals surface area contributed by atoms with Crippen LogP contribution in [0.3, 0.4) is 0 Å². The topological polar surface area (TPSA) is 32.3 Å². The Morgan fingerprint density at radius 3 is 1.71 bits per heavy atom. The van der Waals surface area contributed by atoms with Gasteiger partial charge in [-0.3, -0.25) is 4.79 Å². The number of nitrogens with one attached hydrogen (secondary N) is 1. The molecule has 0 spiro atoms. The van der Waals surface area contributed by atoms with Crippen molar-refractivity contribution < 1.29 is 4.79 Å². The molecule has 2 saturated heterocycles. The van der Waals surface area contributed by atoms with Gasteiger partial charge in [-0.05, 0) is 45.2 Å². The van der Waals surface area contributed by atoms with Crippen molar-refractivity contribution in [3.05, 3.63) is 0 Å². The molecule has 0 aromatic carbocycles. The summed E-state index contributed by atoms with van der Waals surface area (Å²) >= 11 is 0. The molecule has 3 heteroatoms. The van der Waals surface area contributed by atoms with Crippen LogP contribution < -0.4 is 5.32 Å². The molecule has 0 aliphatic carbocycles. The Morgan fingerprint density at radius 2 is 1.43 bits per heavy atom. The van der Waals surface area contributed by atoms with Crippen molar-refractivity contribution in [2.75, 3.05) is 26.2 Å². The second kappa shape index (κ2) is 7.80. The van der Waals surface area contributed by atoms with E-state index in [-0.39, 0.29) is 0 Å². The van der Waals surface area contributed by atoms with E-state index in [9.17, 15) is 4.79 Å². The van der Waals surface area contributed by atoms with Crippen LogP contribution in [0.1, 0.15) is 38.5 Å². The van der Waals surface area contributed by atoms with E-state index in [4.69, 9.17) is 0 Å². The molecule has 1 amide bonds. The Labute approximate surface area is 86.9 Å². The molecule has 1 N–H and O–H groups in total. The Hall–Kier alpha value is -0.570. The van der Waals surface area contributed by atoms with Gasteiger partial charge in [0.15, 0.2) is 0 Å². The number of carbonyl (C=O) groups is 1. The van der Waals surface area contributed by atoms with Crippen LogP contribution in [0.15, 0.2) is 0 Å². The number of piperidine rings is 2. The van der Waals surface area contributed by atoms with Crippen molar-refractivity contribution in [1.29, 1.82) is 0 Å². The summed E-state index contributed by atoms with van der Waals surface area (Å²) in [6, 6.07) is 0. The maximum atomic E-state index is 10.1. The van der Waals surface area contributed by atoms with Gasteiger partial charge in [-0.1, -0.05) is 6.42 Å². The molecule has 0 aromatic rings. The minimum absolute atomic E-state index is 0.944.